The van der Waals surface area contributed by atoms with Crippen LogP contribution in [0, 0.1) is 23.0 Å². The smallest absolute Gasteiger partial charge is 0.292 e. The standard InChI is InChI=1S/C10H8N2O2/c1-2-8-4-3-5-9(13-6-11)10(8)14-7-12/h3-5H,2H2,1H3. The van der Waals surface area contributed by atoms with Gasteiger partial charge in [-0.25, -0.2) is 0 Å². The van der Waals surface area contributed by atoms with Crippen molar-refractivity contribution in [2.45, 2.75) is 13.3 Å². The van der Waals surface area contributed by atoms with E-state index >= 15 is 0 Å². The molecule has 14 heavy (non-hydrogen) atoms. The molecule has 0 fully saturated rings. The Morgan fingerprint density at radius 1 is 1.21 bits per heavy atom. The van der Waals surface area contributed by atoms with Crippen LogP contribution in [0.4, 0.5) is 0 Å². The molecule has 0 heterocycles. The molecular weight excluding hydrogens is 180 g/mol. The molecule has 1 rings (SSSR count). The molecule has 4 heteroatoms. The minimum Gasteiger partial charge on any atom is -0.384 e. The Balaban J connectivity index is 3.16. The molecule has 0 saturated heterocycles. The van der Waals surface area contributed by atoms with Crippen LogP contribution < -0.4 is 9.47 Å². The number of para-hydroxylation sites is 1. The summed E-state index contributed by atoms with van der Waals surface area (Å²) in [6, 6.07) is 5.14. The largest absolute Gasteiger partial charge is 0.384 e. The van der Waals surface area contributed by atoms with E-state index in [9.17, 15) is 0 Å². The lowest BCUT2D eigenvalue weighted by Gasteiger charge is -2.06. The van der Waals surface area contributed by atoms with Gasteiger partial charge in [0, 0.05) is 0 Å². The molecule has 70 valence electrons. The predicted octanol–water partition coefficient (Wildman–Crippen LogP) is 1.97. The van der Waals surface area contributed by atoms with E-state index in [1.54, 1.807) is 24.6 Å². The molecule has 0 bridgehead atoms. The fourth-order valence-corrected chi connectivity index (χ4v) is 1.13. The molecule has 0 N–H and O–H groups in total. The third-order valence-electron chi connectivity index (χ3n) is 1.74. The quantitative estimate of drug-likeness (QED) is 0.680. The van der Waals surface area contributed by atoms with Gasteiger partial charge in [0.2, 0.25) is 0 Å². The first-order valence-electron chi connectivity index (χ1n) is 4.07. The van der Waals surface area contributed by atoms with E-state index in [0.29, 0.717) is 12.2 Å². The summed E-state index contributed by atoms with van der Waals surface area (Å²) < 4.78 is 9.40. The molecule has 0 aromatic heterocycles. The van der Waals surface area contributed by atoms with Crippen molar-refractivity contribution in [3.63, 3.8) is 0 Å². The fourth-order valence-electron chi connectivity index (χ4n) is 1.13. The Labute approximate surface area is 81.9 Å². The van der Waals surface area contributed by atoms with Gasteiger partial charge in [-0.3, -0.25) is 0 Å². The number of ether oxygens (including phenoxy) is 2. The second-order valence-corrected chi connectivity index (χ2v) is 2.48. The highest BCUT2D eigenvalue weighted by Gasteiger charge is 2.10. The lowest BCUT2D eigenvalue weighted by Crippen LogP contribution is -1.93. The second-order valence-electron chi connectivity index (χ2n) is 2.48. The van der Waals surface area contributed by atoms with Gasteiger partial charge in [-0.15, -0.1) is 10.5 Å². The van der Waals surface area contributed by atoms with Crippen LogP contribution in [-0.4, -0.2) is 0 Å². The van der Waals surface area contributed by atoms with Gasteiger partial charge < -0.3 is 9.47 Å². The fraction of sp³-hybridized carbons (Fsp3) is 0.200. The van der Waals surface area contributed by atoms with Crippen LogP contribution in [0.3, 0.4) is 0 Å². The van der Waals surface area contributed by atoms with E-state index in [-0.39, 0.29) is 5.75 Å². The molecule has 0 aliphatic carbocycles. The Morgan fingerprint density at radius 3 is 2.50 bits per heavy atom. The average Bonchev–Trinajstić information content (AvgIpc) is 2.21. The molecule has 1 aromatic rings. The van der Waals surface area contributed by atoms with E-state index < -0.39 is 0 Å². The number of aryl methyl sites for hydroxylation is 1. The summed E-state index contributed by atoms with van der Waals surface area (Å²) >= 11 is 0. The van der Waals surface area contributed by atoms with Gasteiger partial charge in [0.25, 0.3) is 12.5 Å². The Hall–Kier alpha value is -2.20. The Morgan fingerprint density at radius 2 is 1.93 bits per heavy atom. The van der Waals surface area contributed by atoms with E-state index in [1.165, 1.54) is 0 Å². The molecular formula is C10H8N2O2. The Bertz CT molecular complexity index is 402. The highest BCUT2D eigenvalue weighted by Crippen LogP contribution is 2.31. The van der Waals surface area contributed by atoms with Crippen molar-refractivity contribution in [2.24, 2.45) is 0 Å². The maximum Gasteiger partial charge on any atom is 0.292 e. The molecule has 0 saturated carbocycles. The first-order chi connectivity index (χ1) is 6.83. The van der Waals surface area contributed by atoms with E-state index in [0.717, 1.165) is 5.56 Å². The number of hydrogen-bond acceptors (Lipinski definition) is 4. The van der Waals surface area contributed by atoms with E-state index in [2.05, 4.69) is 4.74 Å². The second kappa shape index (κ2) is 4.74. The highest BCUT2D eigenvalue weighted by atomic mass is 16.5. The van der Waals surface area contributed by atoms with E-state index in [1.807, 2.05) is 13.0 Å². The van der Waals surface area contributed by atoms with Crippen LogP contribution in [0.15, 0.2) is 18.2 Å². The molecule has 1 aromatic carbocycles. The first-order valence-corrected chi connectivity index (χ1v) is 4.07. The average molecular weight is 188 g/mol. The van der Waals surface area contributed by atoms with Gasteiger partial charge in [-0.1, -0.05) is 19.1 Å². The van der Waals surface area contributed by atoms with Crippen molar-refractivity contribution in [3.05, 3.63) is 23.8 Å². The summed E-state index contributed by atoms with van der Waals surface area (Å²) in [7, 11) is 0. The number of nitrogens with zero attached hydrogens (tertiary/aromatic N) is 2. The number of benzene rings is 1. The minimum absolute atomic E-state index is 0.272. The summed E-state index contributed by atoms with van der Waals surface area (Å²) in [5.74, 6) is 0.590. The van der Waals surface area contributed by atoms with Gasteiger partial charge >= 0.3 is 0 Å². The molecule has 4 nitrogen and oxygen atoms in total. The van der Waals surface area contributed by atoms with Gasteiger partial charge in [-0.05, 0) is 18.1 Å². The Kier molecular flexibility index (Phi) is 3.34. The third-order valence-corrected chi connectivity index (χ3v) is 1.74. The zero-order chi connectivity index (χ0) is 10.4. The van der Waals surface area contributed by atoms with Crippen molar-refractivity contribution in [3.8, 4) is 24.0 Å². The topological polar surface area (TPSA) is 66.0 Å². The monoisotopic (exact) mass is 188 g/mol. The molecule has 0 spiro atoms. The lowest BCUT2D eigenvalue weighted by atomic mass is 10.1. The highest BCUT2D eigenvalue weighted by molar-refractivity contribution is 5.47. The van der Waals surface area contributed by atoms with Crippen LogP contribution in [0.5, 0.6) is 11.5 Å². The normalized spacial score (nSPS) is 8.50. The third kappa shape index (κ3) is 1.94. The van der Waals surface area contributed by atoms with Crippen LogP contribution in [0.1, 0.15) is 12.5 Å². The molecule has 0 radical (unpaired) electrons. The van der Waals surface area contributed by atoms with Crippen molar-refractivity contribution >= 4 is 0 Å². The maximum atomic E-state index is 8.42. The number of nitriles is 2. The van der Waals surface area contributed by atoms with Crippen LogP contribution in [0.25, 0.3) is 0 Å². The first kappa shape index (κ1) is 9.88. The number of rotatable bonds is 3. The molecule has 0 unspecified atom stereocenters. The van der Waals surface area contributed by atoms with Gasteiger partial charge in [0.15, 0.2) is 11.5 Å². The summed E-state index contributed by atoms with van der Waals surface area (Å²) in [6.07, 6.45) is 3.82. The molecule has 0 aliphatic rings. The summed E-state index contributed by atoms with van der Waals surface area (Å²) in [5.41, 5.74) is 0.833. The van der Waals surface area contributed by atoms with Crippen molar-refractivity contribution in [1.82, 2.24) is 0 Å². The van der Waals surface area contributed by atoms with Crippen LogP contribution in [0.2, 0.25) is 0 Å². The van der Waals surface area contributed by atoms with Gasteiger partial charge in [0.05, 0.1) is 0 Å². The maximum absolute atomic E-state index is 8.42. The predicted molar refractivity (Wildman–Crippen MR) is 48.3 cm³/mol. The van der Waals surface area contributed by atoms with Gasteiger partial charge in [-0.2, -0.15) is 0 Å². The summed E-state index contributed by atoms with van der Waals surface area (Å²) in [4.78, 5) is 0. The van der Waals surface area contributed by atoms with E-state index in [4.69, 9.17) is 15.3 Å². The lowest BCUT2D eigenvalue weighted by molar-refractivity contribution is 0.437. The van der Waals surface area contributed by atoms with Gasteiger partial charge in [0.1, 0.15) is 0 Å². The van der Waals surface area contributed by atoms with Crippen molar-refractivity contribution < 1.29 is 9.47 Å². The zero-order valence-electron chi connectivity index (χ0n) is 7.65. The molecule has 0 aliphatic heterocycles. The minimum atomic E-state index is 0.272. The molecule has 0 amide bonds. The van der Waals surface area contributed by atoms with Crippen LogP contribution in [-0.2, 0) is 6.42 Å². The summed E-state index contributed by atoms with van der Waals surface area (Å²) in [5, 5.41) is 16.8. The summed E-state index contributed by atoms with van der Waals surface area (Å²) in [6.45, 7) is 1.93. The molecule has 0 atom stereocenters. The zero-order valence-corrected chi connectivity index (χ0v) is 7.65. The van der Waals surface area contributed by atoms with Crippen molar-refractivity contribution in [2.75, 3.05) is 0 Å². The number of hydrogen-bond donors (Lipinski definition) is 0. The van der Waals surface area contributed by atoms with Crippen molar-refractivity contribution in [1.29, 1.82) is 10.5 Å². The SMILES string of the molecule is CCc1cccc(OC#N)c1OC#N. The van der Waals surface area contributed by atoms with Crippen LogP contribution >= 0.6 is 0 Å².